The van der Waals surface area contributed by atoms with Crippen molar-refractivity contribution in [2.75, 3.05) is 20.1 Å². The molecule has 13 heavy (non-hydrogen) atoms. The van der Waals surface area contributed by atoms with Crippen molar-refractivity contribution in [1.29, 1.82) is 0 Å². The van der Waals surface area contributed by atoms with Gasteiger partial charge in [-0.2, -0.15) is 0 Å². The maximum Gasteiger partial charge on any atom is 0.144 e. The van der Waals surface area contributed by atoms with E-state index in [1.807, 2.05) is 0 Å². The summed E-state index contributed by atoms with van der Waals surface area (Å²) in [6, 6.07) is 0. The molecule has 0 radical (unpaired) electrons. The summed E-state index contributed by atoms with van der Waals surface area (Å²) in [5.41, 5.74) is 1.22. The van der Waals surface area contributed by atoms with Gasteiger partial charge in [0.15, 0.2) is 0 Å². The SMILES string of the molecule is CC1=NOC2(CCCN(C)CC2)C1. The van der Waals surface area contributed by atoms with E-state index in [0.717, 1.165) is 31.5 Å². The van der Waals surface area contributed by atoms with Crippen molar-refractivity contribution in [3.05, 3.63) is 0 Å². The largest absolute Gasteiger partial charge is 0.389 e. The number of hydrogen-bond acceptors (Lipinski definition) is 3. The summed E-state index contributed by atoms with van der Waals surface area (Å²) in [7, 11) is 2.18. The fourth-order valence-corrected chi connectivity index (χ4v) is 2.28. The molecule has 0 saturated carbocycles. The first-order valence-corrected chi connectivity index (χ1v) is 5.10. The molecule has 74 valence electrons. The zero-order chi connectivity index (χ0) is 9.31. The Labute approximate surface area is 79.7 Å². The molecule has 3 heteroatoms. The number of nitrogens with zero attached hydrogens (tertiary/aromatic N) is 2. The van der Waals surface area contributed by atoms with E-state index in [1.54, 1.807) is 0 Å². The summed E-state index contributed by atoms with van der Waals surface area (Å²) in [5, 5.41) is 4.08. The molecule has 0 N–H and O–H groups in total. The summed E-state index contributed by atoms with van der Waals surface area (Å²) >= 11 is 0. The van der Waals surface area contributed by atoms with Crippen LogP contribution < -0.4 is 0 Å². The molecule has 0 amide bonds. The maximum atomic E-state index is 5.58. The Hall–Kier alpha value is -0.570. The lowest BCUT2D eigenvalue weighted by Crippen LogP contribution is -2.30. The van der Waals surface area contributed by atoms with Crippen molar-refractivity contribution in [1.82, 2.24) is 4.90 Å². The van der Waals surface area contributed by atoms with Gasteiger partial charge < -0.3 is 9.74 Å². The van der Waals surface area contributed by atoms with Crippen LogP contribution in [0.3, 0.4) is 0 Å². The van der Waals surface area contributed by atoms with Crippen LogP contribution in [-0.4, -0.2) is 36.3 Å². The average Bonchev–Trinajstić information content (AvgIpc) is 2.35. The molecule has 0 aromatic rings. The van der Waals surface area contributed by atoms with Gasteiger partial charge in [0.25, 0.3) is 0 Å². The molecule has 1 unspecified atom stereocenters. The third-order valence-corrected chi connectivity index (χ3v) is 3.09. The van der Waals surface area contributed by atoms with E-state index in [9.17, 15) is 0 Å². The minimum absolute atomic E-state index is 0.0643. The van der Waals surface area contributed by atoms with E-state index in [4.69, 9.17) is 4.84 Å². The topological polar surface area (TPSA) is 24.8 Å². The molecule has 2 aliphatic rings. The summed E-state index contributed by atoms with van der Waals surface area (Å²) in [6.07, 6.45) is 4.57. The Morgan fingerprint density at radius 2 is 2.23 bits per heavy atom. The van der Waals surface area contributed by atoms with Crippen molar-refractivity contribution in [2.24, 2.45) is 5.16 Å². The van der Waals surface area contributed by atoms with Gasteiger partial charge in [-0.15, -0.1) is 0 Å². The van der Waals surface area contributed by atoms with Gasteiger partial charge in [0.05, 0.1) is 5.71 Å². The van der Waals surface area contributed by atoms with Crippen molar-refractivity contribution in [2.45, 2.75) is 38.2 Å². The second-order valence-corrected chi connectivity index (χ2v) is 4.43. The number of rotatable bonds is 0. The highest BCUT2D eigenvalue weighted by atomic mass is 16.7. The lowest BCUT2D eigenvalue weighted by atomic mass is 9.90. The van der Waals surface area contributed by atoms with Crippen molar-refractivity contribution in [3.8, 4) is 0 Å². The minimum Gasteiger partial charge on any atom is -0.389 e. The van der Waals surface area contributed by atoms with E-state index in [-0.39, 0.29) is 5.60 Å². The van der Waals surface area contributed by atoms with Gasteiger partial charge in [0.2, 0.25) is 0 Å². The normalized spacial score (nSPS) is 35.7. The fraction of sp³-hybridized carbons (Fsp3) is 0.900. The second kappa shape index (κ2) is 3.29. The minimum atomic E-state index is 0.0643. The average molecular weight is 182 g/mol. The smallest absolute Gasteiger partial charge is 0.144 e. The second-order valence-electron chi connectivity index (χ2n) is 4.43. The van der Waals surface area contributed by atoms with E-state index >= 15 is 0 Å². The van der Waals surface area contributed by atoms with Crippen LogP contribution in [0.4, 0.5) is 0 Å². The molecular formula is C10H18N2O. The van der Waals surface area contributed by atoms with Gasteiger partial charge in [0.1, 0.15) is 5.60 Å². The van der Waals surface area contributed by atoms with Crippen LogP contribution in [0.1, 0.15) is 32.6 Å². The fourth-order valence-electron chi connectivity index (χ4n) is 2.28. The van der Waals surface area contributed by atoms with E-state index < -0.39 is 0 Å². The molecular weight excluding hydrogens is 164 g/mol. The first kappa shape index (κ1) is 9.00. The van der Waals surface area contributed by atoms with Gasteiger partial charge in [-0.3, -0.25) is 0 Å². The Kier molecular flexibility index (Phi) is 2.28. The molecule has 1 atom stereocenters. The van der Waals surface area contributed by atoms with Crippen molar-refractivity contribution in [3.63, 3.8) is 0 Å². The lowest BCUT2D eigenvalue weighted by Gasteiger charge is -2.24. The summed E-state index contributed by atoms with van der Waals surface area (Å²) < 4.78 is 0. The summed E-state index contributed by atoms with van der Waals surface area (Å²) in [5.74, 6) is 0. The molecule has 1 spiro atoms. The van der Waals surface area contributed by atoms with Gasteiger partial charge >= 0.3 is 0 Å². The van der Waals surface area contributed by atoms with Crippen LogP contribution in [0.2, 0.25) is 0 Å². The summed E-state index contributed by atoms with van der Waals surface area (Å²) in [4.78, 5) is 7.96. The van der Waals surface area contributed by atoms with Gasteiger partial charge in [-0.05, 0) is 33.4 Å². The zero-order valence-electron chi connectivity index (χ0n) is 8.55. The van der Waals surface area contributed by atoms with Crippen molar-refractivity contribution >= 4 is 5.71 Å². The predicted octanol–water partition coefficient (Wildman–Crippen LogP) is 1.64. The van der Waals surface area contributed by atoms with Crippen LogP contribution >= 0.6 is 0 Å². The Morgan fingerprint density at radius 1 is 1.38 bits per heavy atom. The number of hydrogen-bond donors (Lipinski definition) is 0. The van der Waals surface area contributed by atoms with Crippen LogP contribution in [0.25, 0.3) is 0 Å². The quantitative estimate of drug-likeness (QED) is 0.569. The van der Waals surface area contributed by atoms with Crippen LogP contribution in [0, 0.1) is 0 Å². The Balaban J connectivity index is 2.00. The molecule has 2 aliphatic heterocycles. The molecule has 1 fully saturated rings. The standard InChI is InChI=1S/C10H18N2O/c1-9-8-10(13-11-9)4-3-6-12(2)7-5-10/h3-8H2,1-2H3. The highest BCUT2D eigenvalue weighted by Crippen LogP contribution is 2.34. The molecule has 1 saturated heterocycles. The molecule has 0 aliphatic carbocycles. The molecule has 0 bridgehead atoms. The van der Waals surface area contributed by atoms with Gasteiger partial charge in [-0.25, -0.2) is 0 Å². The Bertz CT molecular complexity index is 227. The maximum absolute atomic E-state index is 5.58. The summed E-state index contributed by atoms with van der Waals surface area (Å²) in [6.45, 7) is 4.40. The van der Waals surface area contributed by atoms with Crippen molar-refractivity contribution < 1.29 is 4.84 Å². The third-order valence-electron chi connectivity index (χ3n) is 3.09. The first-order chi connectivity index (χ1) is 6.20. The van der Waals surface area contributed by atoms with Crippen LogP contribution in [-0.2, 0) is 4.84 Å². The molecule has 0 aromatic carbocycles. The van der Waals surface area contributed by atoms with E-state index in [1.165, 1.54) is 13.0 Å². The Morgan fingerprint density at radius 3 is 2.92 bits per heavy atom. The van der Waals surface area contributed by atoms with Gasteiger partial charge in [0, 0.05) is 19.4 Å². The van der Waals surface area contributed by atoms with E-state index in [2.05, 4.69) is 24.0 Å². The zero-order valence-corrected chi connectivity index (χ0v) is 8.55. The molecule has 0 aromatic heterocycles. The monoisotopic (exact) mass is 182 g/mol. The highest BCUT2D eigenvalue weighted by molar-refractivity contribution is 5.83. The van der Waals surface area contributed by atoms with E-state index in [0.29, 0.717) is 0 Å². The molecule has 2 rings (SSSR count). The predicted molar refractivity (Wildman–Crippen MR) is 52.9 cm³/mol. The third kappa shape index (κ3) is 1.85. The number of likely N-dealkylation sites (tertiary alicyclic amines) is 1. The molecule has 3 nitrogen and oxygen atoms in total. The molecule has 2 heterocycles. The van der Waals surface area contributed by atoms with Crippen LogP contribution in [0.5, 0.6) is 0 Å². The lowest BCUT2D eigenvalue weighted by molar-refractivity contribution is -0.0288. The number of oxime groups is 1. The van der Waals surface area contributed by atoms with Crippen LogP contribution in [0.15, 0.2) is 5.16 Å². The highest BCUT2D eigenvalue weighted by Gasteiger charge is 2.38. The first-order valence-electron chi connectivity index (χ1n) is 5.10. The van der Waals surface area contributed by atoms with Gasteiger partial charge in [-0.1, -0.05) is 5.16 Å².